The lowest BCUT2D eigenvalue weighted by atomic mass is 9.95. The van der Waals surface area contributed by atoms with Crippen LogP contribution in [0, 0.1) is 17.8 Å². The van der Waals surface area contributed by atoms with Crippen LogP contribution in [0.1, 0.15) is 52.5 Å². The summed E-state index contributed by atoms with van der Waals surface area (Å²) in [5, 5.41) is 0. The topological polar surface area (TPSA) is 49.9 Å². The molecule has 1 aromatic carbocycles. The van der Waals surface area contributed by atoms with E-state index < -0.39 is 0 Å². The summed E-state index contributed by atoms with van der Waals surface area (Å²) in [7, 11) is 1.71. The van der Waals surface area contributed by atoms with Crippen LogP contribution in [0.2, 0.25) is 0 Å². The van der Waals surface area contributed by atoms with Gasteiger partial charge in [0, 0.05) is 31.6 Å². The monoisotopic (exact) mass is 402 g/mol. The van der Waals surface area contributed by atoms with Crippen molar-refractivity contribution in [2.75, 3.05) is 33.3 Å². The smallest absolute Gasteiger partial charge is 0.289 e. The van der Waals surface area contributed by atoms with Crippen LogP contribution in [0.25, 0.3) is 0 Å². The molecule has 1 aliphatic rings. The summed E-state index contributed by atoms with van der Waals surface area (Å²) in [6.07, 6.45) is 2.44. The van der Waals surface area contributed by atoms with Crippen molar-refractivity contribution in [2.45, 2.75) is 53.5 Å². The number of Topliss-reactive ketones (excluding diaryl/α,β-unsaturated/α-hetero) is 1. The molecular weight excluding hydrogens is 364 g/mol. The zero-order chi connectivity index (χ0) is 21.4. The number of amides is 1. The van der Waals surface area contributed by atoms with Crippen molar-refractivity contribution in [1.82, 2.24) is 9.80 Å². The van der Waals surface area contributed by atoms with E-state index in [1.807, 2.05) is 36.9 Å². The number of para-hydroxylation sites is 1. The molecule has 1 aliphatic heterocycles. The molecule has 0 aliphatic carbocycles. The predicted molar refractivity (Wildman–Crippen MR) is 117 cm³/mol. The second kappa shape index (κ2) is 11.3. The molecule has 1 fully saturated rings. The molecule has 0 radical (unpaired) electrons. The first-order valence-electron chi connectivity index (χ1n) is 11.0. The number of ether oxygens (including phenoxy) is 1. The Morgan fingerprint density at radius 2 is 1.76 bits per heavy atom. The van der Waals surface area contributed by atoms with Gasteiger partial charge in [0.05, 0.1) is 7.11 Å². The van der Waals surface area contributed by atoms with Gasteiger partial charge in [-0.3, -0.25) is 14.5 Å². The van der Waals surface area contributed by atoms with Gasteiger partial charge in [-0.2, -0.15) is 0 Å². The van der Waals surface area contributed by atoms with Crippen molar-refractivity contribution < 1.29 is 14.3 Å². The number of methoxy groups -OCH3 is 1. The van der Waals surface area contributed by atoms with Gasteiger partial charge >= 0.3 is 0 Å². The molecule has 5 heteroatoms. The second-order valence-electron chi connectivity index (χ2n) is 9.16. The highest BCUT2D eigenvalue weighted by molar-refractivity contribution is 6.36. The predicted octanol–water partition coefficient (Wildman–Crippen LogP) is 4.01. The Morgan fingerprint density at radius 3 is 2.34 bits per heavy atom. The number of hydrogen-bond acceptors (Lipinski definition) is 4. The summed E-state index contributed by atoms with van der Waals surface area (Å²) >= 11 is 0. The Bertz CT molecular complexity index is 664. The second-order valence-corrected chi connectivity index (χ2v) is 9.16. The highest BCUT2D eigenvalue weighted by atomic mass is 16.5. The van der Waals surface area contributed by atoms with Gasteiger partial charge in [0.2, 0.25) is 5.78 Å². The molecule has 1 amide bonds. The Labute approximate surface area is 176 Å². The Hall–Kier alpha value is -1.88. The number of likely N-dealkylation sites (tertiary alicyclic amines) is 1. The van der Waals surface area contributed by atoms with Crippen molar-refractivity contribution in [3.63, 3.8) is 0 Å². The van der Waals surface area contributed by atoms with Gasteiger partial charge in [0.15, 0.2) is 0 Å². The summed E-state index contributed by atoms with van der Waals surface area (Å²) < 4.78 is 5.47. The quantitative estimate of drug-likeness (QED) is 0.555. The summed E-state index contributed by atoms with van der Waals surface area (Å²) in [5.74, 6) is 1.44. The lowest BCUT2D eigenvalue weighted by molar-refractivity contribution is -0.146. The number of carbonyl (C=O) groups is 2. The lowest BCUT2D eigenvalue weighted by Crippen LogP contribution is -2.44. The zero-order valence-electron chi connectivity index (χ0n) is 18.8. The normalized spacial score (nSPS) is 15.7. The summed E-state index contributed by atoms with van der Waals surface area (Å²) in [5.41, 5.74) is 1.21. The number of ketones is 1. The van der Waals surface area contributed by atoms with Gasteiger partial charge in [-0.1, -0.05) is 45.9 Å². The van der Waals surface area contributed by atoms with Crippen LogP contribution in [0.15, 0.2) is 24.3 Å². The molecule has 0 bridgehead atoms. The van der Waals surface area contributed by atoms with Crippen molar-refractivity contribution in [1.29, 1.82) is 0 Å². The van der Waals surface area contributed by atoms with Crippen molar-refractivity contribution >= 4 is 11.7 Å². The standard InChI is InChI=1S/C24H38N2O3/c1-18(2)14-22(27)24(28)26(15-19(3)4)16-20-10-12-25(13-11-20)17-21-8-6-7-9-23(21)29-5/h6-9,18-20H,10-17H2,1-5H3. The molecular formula is C24H38N2O3. The van der Waals surface area contributed by atoms with E-state index in [1.165, 1.54) is 5.56 Å². The van der Waals surface area contributed by atoms with E-state index in [9.17, 15) is 9.59 Å². The molecule has 0 aromatic heterocycles. The first-order valence-corrected chi connectivity index (χ1v) is 11.0. The van der Waals surface area contributed by atoms with E-state index in [1.54, 1.807) is 7.11 Å². The SMILES string of the molecule is COc1ccccc1CN1CCC(CN(CC(C)C)C(=O)C(=O)CC(C)C)CC1. The van der Waals surface area contributed by atoms with Gasteiger partial charge in [0.25, 0.3) is 5.91 Å². The molecule has 5 nitrogen and oxygen atoms in total. The molecule has 0 N–H and O–H groups in total. The first kappa shape index (κ1) is 23.4. The number of rotatable bonds is 10. The van der Waals surface area contributed by atoms with E-state index in [4.69, 9.17) is 4.74 Å². The van der Waals surface area contributed by atoms with E-state index in [0.29, 0.717) is 31.3 Å². The van der Waals surface area contributed by atoms with Crippen LogP contribution in [-0.2, 0) is 16.1 Å². The highest BCUT2D eigenvalue weighted by Gasteiger charge is 2.28. The summed E-state index contributed by atoms with van der Waals surface area (Å²) in [6.45, 7) is 12.4. The zero-order valence-corrected chi connectivity index (χ0v) is 18.8. The third-order valence-corrected chi connectivity index (χ3v) is 5.48. The molecule has 0 unspecified atom stereocenters. The van der Waals surface area contributed by atoms with Gasteiger partial charge in [-0.15, -0.1) is 0 Å². The number of hydrogen-bond donors (Lipinski definition) is 0. The molecule has 0 saturated carbocycles. The van der Waals surface area contributed by atoms with Gasteiger partial charge < -0.3 is 9.64 Å². The van der Waals surface area contributed by atoms with E-state index in [0.717, 1.165) is 38.2 Å². The Balaban J connectivity index is 1.90. The maximum absolute atomic E-state index is 12.7. The van der Waals surface area contributed by atoms with Crippen molar-refractivity contribution in [2.24, 2.45) is 17.8 Å². The van der Waals surface area contributed by atoms with Crippen LogP contribution in [-0.4, -0.2) is 54.8 Å². The van der Waals surface area contributed by atoms with Crippen LogP contribution < -0.4 is 4.74 Å². The maximum Gasteiger partial charge on any atom is 0.289 e. The van der Waals surface area contributed by atoms with Gasteiger partial charge in [-0.25, -0.2) is 0 Å². The van der Waals surface area contributed by atoms with Crippen LogP contribution in [0.5, 0.6) is 5.75 Å². The van der Waals surface area contributed by atoms with Crippen molar-refractivity contribution in [3.05, 3.63) is 29.8 Å². The largest absolute Gasteiger partial charge is 0.496 e. The van der Waals surface area contributed by atoms with E-state index >= 15 is 0 Å². The lowest BCUT2D eigenvalue weighted by Gasteiger charge is -2.35. The molecule has 1 heterocycles. The average Bonchev–Trinajstić information content (AvgIpc) is 2.68. The number of piperidine rings is 1. The minimum Gasteiger partial charge on any atom is -0.496 e. The van der Waals surface area contributed by atoms with Crippen LogP contribution in [0.3, 0.4) is 0 Å². The number of benzene rings is 1. The fourth-order valence-electron chi connectivity index (χ4n) is 4.03. The first-order chi connectivity index (χ1) is 13.8. The van der Waals surface area contributed by atoms with E-state index in [-0.39, 0.29) is 17.6 Å². The average molecular weight is 403 g/mol. The minimum atomic E-state index is -0.288. The molecule has 2 rings (SSSR count). The molecule has 0 atom stereocenters. The maximum atomic E-state index is 12.7. The third-order valence-electron chi connectivity index (χ3n) is 5.48. The van der Waals surface area contributed by atoms with Gasteiger partial charge in [-0.05, 0) is 49.8 Å². The molecule has 162 valence electrons. The summed E-state index contributed by atoms with van der Waals surface area (Å²) in [4.78, 5) is 29.3. The Morgan fingerprint density at radius 1 is 1.10 bits per heavy atom. The van der Waals surface area contributed by atoms with Crippen molar-refractivity contribution in [3.8, 4) is 5.75 Å². The third kappa shape index (κ3) is 7.46. The van der Waals surface area contributed by atoms with E-state index in [2.05, 4.69) is 24.8 Å². The number of carbonyl (C=O) groups excluding carboxylic acids is 2. The summed E-state index contributed by atoms with van der Waals surface area (Å²) in [6, 6.07) is 8.17. The van der Waals surface area contributed by atoms with Gasteiger partial charge in [0.1, 0.15) is 5.75 Å². The molecule has 29 heavy (non-hydrogen) atoms. The molecule has 1 saturated heterocycles. The fourth-order valence-corrected chi connectivity index (χ4v) is 4.03. The molecule has 0 spiro atoms. The van der Waals surface area contributed by atoms with Crippen LogP contribution in [0.4, 0.5) is 0 Å². The minimum absolute atomic E-state index is 0.213. The molecule has 1 aromatic rings. The highest BCUT2D eigenvalue weighted by Crippen LogP contribution is 2.24. The Kier molecular flexibility index (Phi) is 9.15. The number of nitrogens with zero attached hydrogens (tertiary/aromatic N) is 2. The fraction of sp³-hybridized carbons (Fsp3) is 0.667. The van der Waals surface area contributed by atoms with Crippen LogP contribution >= 0.6 is 0 Å².